The molecule has 0 rings (SSSR count). The van der Waals surface area contributed by atoms with E-state index in [1.165, 1.54) is 21.1 Å². The van der Waals surface area contributed by atoms with Crippen molar-refractivity contribution in [3.63, 3.8) is 0 Å². The molecule has 0 aromatic rings. The van der Waals surface area contributed by atoms with Crippen molar-refractivity contribution in [3.8, 4) is 0 Å². The molecule has 0 aliphatic heterocycles. The summed E-state index contributed by atoms with van der Waals surface area (Å²) in [6.07, 6.45) is 0.0313. The number of primary amides is 1. The quantitative estimate of drug-likeness (QED) is 0.604. The summed E-state index contributed by atoms with van der Waals surface area (Å²) < 4.78 is 24.8. The van der Waals surface area contributed by atoms with Crippen LogP contribution in [0.2, 0.25) is 0 Å². The molecule has 0 aliphatic rings. The van der Waals surface area contributed by atoms with Crippen molar-refractivity contribution >= 4 is 16.1 Å². The Labute approximate surface area is 78.5 Å². The Morgan fingerprint density at radius 1 is 1.31 bits per heavy atom. The van der Waals surface area contributed by atoms with Crippen molar-refractivity contribution in [2.24, 2.45) is 5.73 Å². The summed E-state index contributed by atoms with van der Waals surface area (Å²) >= 11 is 0. The van der Waals surface area contributed by atoms with Gasteiger partial charge in [-0.15, -0.1) is 0 Å². The van der Waals surface area contributed by atoms with Crippen LogP contribution in [0.3, 0.4) is 0 Å². The molecule has 7 heteroatoms. The van der Waals surface area contributed by atoms with Gasteiger partial charge < -0.3 is 5.73 Å². The molecule has 0 aliphatic carbocycles. The van der Waals surface area contributed by atoms with Gasteiger partial charge >= 0.3 is 0 Å². The summed E-state index contributed by atoms with van der Waals surface area (Å²) in [5, 5.41) is 0. The van der Waals surface area contributed by atoms with E-state index in [4.69, 9.17) is 5.73 Å². The van der Waals surface area contributed by atoms with Gasteiger partial charge in [0, 0.05) is 34.1 Å². The van der Waals surface area contributed by atoms with Gasteiger partial charge in [0.05, 0.1) is 0 Å². The average Bonchev–Trinajstić information content (AvgIpc) is 1.99. The predicted molar refractivity (Wildman–Crippen MR) is 49.0 cm³/mol. The second-order valence-electron chi connectivity index (χ2n) is 2.83. The summed E-state index contributed by atoms with van der Waals surface area (Å²) in [6, 6.07) is 0. The number of hydrogen-bond acceptors (Lipinski definition) is 3. The van der Waals surface area contributed by atoms with E-state index >= 15 is 0 Å². The molecule has 0 bridgehead atoms. The van der Waals surface area contributed by atoms with Gasteiger partial charge in [-0.05, 0) is 0 Å². The van der Waals surface area contributed by atoms with Crippen LogP contribution >= 0.6 is 0 Å². The van der Waals surface area contributed by atoms with Crippen LogP contribution < -0.4 is 5.73 Å². The van der Waals surface area contributed by atoms with E-state index in [1.807, 2.05) is 0 Å². The number of carbonyl (C=O) groups is 1. The molecule has 1 amide bonds. The van der Waals surface area contributed by atoms with E-state index in [0.717, 1.165) is 8.61 Å². The zero-order valence-corrected chi connectivity index (χ0v) is 8.84. The first-order chi connectivity index (χ1) is 5.78. The molecule has 78 valence electrons. The van der Waals surface area contributed by atoms with Crippen molar-refractivity contribution in [2.75, 3.05) is 27.7 Å². The predicted octanol–water partition coefficient (Wildman–Crippen LogP) is -1.40. The van der Waals surface area contributed by atoms with E-state index in [9.17, 15) is 13.2 Å². The second-order valence-corrected chi connectivity index (χ2v) is 5.08. The molecule has 0 atom stereocenters. The highest BCUT2D eigenvalue weighted by Crippen LogP contribution is 2.01. The van der Waals surface area contributed by atoms with E-state index < -0.39 is 16.1 Å². The molecular weight excluding hydrogens is 194 g/mol. The monoisotopic (exact) mass is 209 g/mol. The third-order valence-corrected chi connectivity index (χ3v) is 3.42. The van der Waals surface area contributed by atoms with E-state index in [1.54, 1.807) is 0 Å². The lowest BCUT2D eigenvalue weighted by atomic mass is 10.4. The molecule has 0 unspecified atom stereocenters. The van der Waals surface area contributed by atoms with Crippen molar-refractivity contribution < 1.29 is 13.2 Å². The SMILES string of the molecule is CN(C)S(=O)(=O)N(C)CCC(N)=O. The number of amides is 1. The topological polar surface area (TPSA) is 83.7 Å². The van der Waals surface area contributed by atoms with Crippen molar-refractivity contribution in [1.29, 1.82) is 0 Å². The third kappa shape index (κ3) is 3.71. The van der Waals surface area contributed by atoms with Crippen LogP contribution in [0.25, 0.3) is 0 Å². The van der Waals surface area contributed by atoms with Crippen LogP contribution in [0.4, 0.5) is 0 Å². The van der Waals surface area contributed by atoms with Crippen LogP contribution in [0.1, 0.15) is 6.42 Å². The lowest BCUT2D eigenvalue weighted by molar-refractivity contribution is -0.118. The maximum absolute atomic E-state index is 11.3. The summed E-state index contributed by atoms with van der Waals surface area (Å²) in [4.78, 5) is 10.4. The summed E-state index contributed by atoms with van der Waals surface area (Å²) in [5.74, 6) is -0.513. The molecule has 0 saturated heterocycles. The number of nitrogens with two attached hydrogens (primary N) is 1. The number of hydrogen-bond donors (Lipinski definition) is 1. The van der Waals surface area contributed by atoms with E-state index in [-0.39, 0.29) is 13.0 Å². The maximum atomic E-state index is 11.3. The van der Waals surface area contributed by atoms with Crippen molar-refractivity contribution in [3.05, 3.63) is 0 Å². The van der Waals surface area contributed by atoms with Crippen LogP contribution in [0, 0.1) is 0 Å². The van der Waals surface area contributed by atoms with Gasteiger partial charge in [-0.3, -0.25) is 4.79 Å². The minimum Gasteiger partial charge on any atom is -0.370 e. The molecule has 0 spiro atoms. The minimum absolute atomic E-state index is 0.0313. The smallest absolute Gasteiger partial charge is 0.281 e. The fraction of sp³-hybridized carbons (Fsp3) is 0.833. The second kappa shape index (κ2) is 4.54. The molecule has 0 heterocycles. The van der Waals surface area contributed by atoms with E-state index in [2.05, 4.69) is 0 Å². The van der Waals surface area contributed by atoms with Gasteiger partial charge in [-0.2, -0.15) is 17.0 Å². The molecule has 0 aromatic heterocycles. The Balaban J connectivity index is 4.27. The molecule has 0 fully saturated rings. The van der Waals surface area contributed by atoms with Crippen molar-refractivity contribution in [2.45, 2.75) is 6.42 Å². The largest absolute Gasteiger partial charge is 0.370 e. The standard InChI is InChI=1S/C6H15N3O3S/c1-8(2)13(11,12)9(3)5-4-6(7)10/h4-5H2,1-3H3,(H2,7,10). The Morgan fingerprint density at radius 3 is 2.08 bits per heavy atom. The zero-order valence-electron chi connectivity index (χ0n) is 8.02. The third-order valence-electron chi connectivity index (χ3n) is 1.53. The first-order valence-corrected chi connectivity index (χ1v) is 5.10. The van der Waals surface area contributed by atoms with Gasteiger partial charge in [0.2, 0.25) is 5.91 Å². The van der Waals surface area contributed by atoms with Gasteiger partial charge in [0.1, 0.15) is 0 Å². The zero-order chi connectivity index (χ0) is 10.6. The lowest BCUT2D eigenvalue weighted by Crippen LogP contribution is -2.38. The highest BCUT2D eigenvalue weighted by Gasteiger charge is 2.19. The highest BCUT2D eigenvalue weighted by atomic mass is 32.2. The first kappa shape index (κ1) is 12.3. The highest BCUT2D eigenvalue weighted by molar-refractivity contribution is 7.86. The van der Waals surface area contributed by atoms with Gasteiger partial charge in [-0.25, -0.2) is 0 Å². The maximum Gasteiger partial charge on any atom is 0.281 e. The number of rotatable bonds is 5. The van der Waals surface area contributed by atoms with Gasteiger partial charge in [-0.1, -0.05) is 0 Å². The van der Waals surface area contributed by atoms with Crippen LogP contribution in [0.15, 0.2) is 0 Å². The molecular formula is C6H15N3O3S. The summed E-state index contributed by atoms with van der Waals surface area (Å²) in [6.45, 7) is 0.107. The van der Waals surface area contributed by atoms with Gasteiger partial charge in [0.15, 0.2) is 0 Å². The molecule has 0 radical (unpaired) electrons. The minimum atomic E-state index is -3.41. The Morgan fingerprint density at radius 2 is 1.77 bits per heavy atom. The normalized spacial score (nSPS) is 12.4. The Hall–Kier alpha value is -0.660. The Kier molecular flexibility index (Phi) is 4.31. The van der Waals surface area contributed by atoms with Crippen LogP contribution in [-0.2, 0) is 15.0 Å². The summed E-state index contributed by atoms with van der Waals surface area (Å²) in [5.41, 5.74) is 4.89. The lowest BCUT2D eigenvalue weighted by Gasteiger charge is -2.20. The molecule has 0 saturated carbocycles. The fourth-order valence-electron chi connectivity index (χ4n) is 0.662. The first-order valence-electron chi connectivity index (χ1n) is 3.70. The van der Waals surface area contributed by atoms with Crippen molar-refractivity contribution in [1.82, 2.24) is 8.61 Å². The number of nitrogens with zero attached hydrogens (tertiary/aromatic N) is 2. The number of carbonyl (C=O) groups excluding carboxylic acids is 1. The fourth-order valence-corrected chi connectivity index (χ4v) is 1.54. The van der Waals surface area contributed by atoms with E-state index in [0.29, 0.717) is 0 Å². The van der Waals surface area contributed by atoms with Crippen LogP contribution in [0.5, 0.6) is 0 Å². The average molecular weight is 209 g/mol. The molecule has 0 aromatic carbocycles. The molecule has 6 nitrogen and oxygen atoms in total. The molecule has 13 heavy (non-hydrogen) atoms. The molecule has 2 N–H and O–H groups in total. The van der Waals surface area contributed by atoms with Gasteiger partial charge in [0.25, 0.3) is 10.2 Å². The Bertz CT molecular complexity index is 273. The van der Waals surface area contributed by atoms with Crippen LogP contribution in [-0.4, -0.2) is 50.6 Å². The summed E-state index contributed by atoms with van der Waals surface area (Å²) in [7, 11) is 0.841.